The quantitative estimate of drug-likeness (QED) is 0.761. The molecule has 1 aliphatic rings. The highest BCUT2D eigenvalue weighted by atomic mass is 16.2. The first-order chi connectivity index (χ1) is 13.6. The van der Waals surface area contributed by atoms with Crippen molar-refractivity contribution in [3.05, 3.63) is 71.7 Å². The summed E-state index contributed by atoms with van der Waals surface area (Å²) in [6, 6.07) is 12.8. The zero-order valence-electron chi connectivity index (χ0n) is 16.0. The molecule has 0 spiro atoms. The van der Waals surface area contributed by atoms with Crippen molar-refractivity contribution in [3.63, 3.8) is 0 Å². The third-order valence-electron chi connectivity index (χ3n) is 5.20. The molecule has 1 saturated heterocycles. The number of rotatable bonds is 4. The van der Waals surface area contributed by atoms with Gasteiger partial charge in [0.15, 0.2) is 0 Å². The highest BCUT2D eigenvalue weighted by molar-refractivity contribution is 5.97. The van der Waals surface area contributed by atoms with Crippen LogP contribution < -0.4 is 5.32 Å². The SMILES string of the molecule is Cc1ccn2cc(CNC(=O)[C@H]3CCCCN3C(=O)c3ccccc3)nc2c1. The Labute approximate surface area is 164 Å². The summed E-state index contributed by atoms with van der Waals surface area (Å²) >= 11 is 0. The average molecular weight is 376 g/mol. The Balaban J connectivity index is 1.45. The van der Waals surface area contributed by atoms with Crippen LogP contribution in [0.3, 0.4) is 0 Å². The highest BCUT2D eigenvalue weighted by Crippen LogP contribution is 2.20. The summed E-state index contributed by atoms with van der Waals surface area (Å²) in [5, 5.41) is 2.97. The summed E-state index contributed by atoms with van der Waals surface area (Å²) in [5.41, 5.74) is 3.43. The minimum Gasteiger partial charge on any atom is -0.349 e. The van der Waals surface area contributed by atoms with Crippen LogP contribution in [0.2, 0.25) is 0 Å². The van der Waals surface area contributed by atoms with Crippen molar-refractivity contribution in [2.24, 2.45) is 0 Å². The van der Waals surface area contributed by atoms with Crippen LogP contribution in [0.1, 0.15) is 40.9 Å². The van der Waals surface area contributed by atoms with Gasteiger partial charge in [-0.15, -0.1) is 0 Å². The first kappa shape index (κ1) is 18.2. The van der Waals surface area contributed by atoms with E-state index in [4.69, 9.17) is 0 Å². The summed E-state index contributed by atoms with van der Waals surface area (Å²) < 4.78 is 1.94. The maximum absolute atomic E-state index is 12.9. The number of pyridine rings is 1. The number of piperidine rings is 1. The van der Waals surface area contributed by atoms with Crippen molar-refractivity contribution in [1.29, 1.82) is 0 Å². The molecule has 0 bridgehead atoms. The van der Waals surface area contributed by atoms with E-state index in [1.165, 1.54) is 0 Å². The van der Waals surface area contributed by atoms with E-state index >= 15 is 0 Å². The van der Waals surface area contributed by atoms with Crippen LogP contribution in [0.25, 0.3) is 5.65 Å². The van der Waals surface area contributed by atoms with Gasteiger partial charge in [0.25, 0.3) is 5.91 Å². The van der Waals surface area contributed by atoms with E-state index < -0.39 is 6.04 Å². The predicted octanol–water partition coefficient (Wildman–Crippen LogP) is 2.95. The number of likely N-dealkylation sites (tertiary alicyclic amines) is 1. The minimum absolute atomic E-state index is 0.0799. The van der Waals surface area contributed by atoms with E-state index in [9.17, 15) is 9.59 Å². The van der Waals surface area contributed by atoms with Crippen molar-refractivity contribution in [2.75, 3.05) is 6.54 Å². The Morgan fingerprint density at radius 3 is 2.82 bits per heavy atom. The summed E-state index contributed by atoms with van der Waals surface area (Å²) in [7, 11) is 0. The Bertz CT molecular complexity index is 996. The second-order valence-corrected chi connectivity index (χ2v) is 7.30. The lowest BCUT2D eigenvalue weighted by molar-refractivity contribution is -0.126. The molecule has 2 amide bonds. The van der Waals surface area contributed by atoms with Gasteiger partial charge in [0.2, 0.25) is 5.91 Å². The number of aromatic nitrogens is 2. The van der Waals surface area contributed by atoms with Gasteiger partial charge in [0.05, 0.1) is 12.2 Å². The van der Waals surface area contributed by atoms with E-state index in [1.54, 1.807) is 17.0 Å². The van der Waals surface area contributed by atoms with Gasteiger partial charge in [-0.1, -0.05) is 18.2 Å². The molecule has 3 aromatic rings. The number of aryl methyl sites for hydroxylation is 1. The molecule has 144 valence electrons. The monoisotopic (exact) mass is 376 g/mol. The van der Waals surface area contributed by atoms with Crippen molar-refractivity contribution in [1.82, 2.24) is 19.6 Å². The van der Waals surface area contributed by atoms with E-state index in [0.29, 0.717) is 25.1 Å². The van der Waals surface area contributed by atoms with Crippen molar-refractivity contribution < 1.29 is 9.59 Å². The molecular formula is C22H24N4O2. The van der Waals surface area contributed by atoms with Crippen LogP contribution >= 0.6 is 0 Å². The fourth-order valence-corrected chi connectivity index (χ4v) is 3.71. The third kappa shape index (κ3) is 3.76. The number of fused-ring (bicyclic) bond motifs is 1. The molecule has 1 aliphatic heterocycles. The fraction of sp³-hybridized carbons (Fsp3) is 0.318. The lowest BCUT2D eigenvalue weighted by Gasteiger charge is -2.34. The molecule has 6 heteroatoms. The second kappa shape index (κ2) is 7.84. The van der Waals surface area contributed by atoms with Gasteiger partial charge in [0, 0.05) is 24.5 Å². The van der Waals surface area contributed by atoms with Crippen LogP contribution in [0.4, 0.5) is 0 Å². The molecule has 1 fully saturated rings. The number of imidazole rings is 1. The van der Waals surface area contributed by atoms with Crippen LogP contribution in [-0.4, -0.2) is 38.7 Å². The summed E-state index contributed by atoms with van der Waals surface area (Å²) in [4.78, 5) is 32.0. The minimum atomic E-state index is -0.430. The first-order valence-corrected chi connectivity index (χ1v) is 9.70. The van der Waals surface area contributed by atoms with Gasteiger partial charge in [-0.2, -0.15) is 0 Å². The molecular weight excluding hydrogens is 352 g/mol. The van der Waals surface area contributed by atoms with Crippen LogP contribution in [0, 0.1) is 6.92 Å². The van der Waals surface area contributed by atoms with Crippen molar-refractivity contribution in [2.45, 2.75) is 38.8 Å². The zero-order chi connectivity index (χ0) is 19.5. The first-order valence-electron chi connectivity index (χ1n) is 9.70. The maximum Gasteiger partial charge on any atom is 0.254 e. The fourth-order valence-electron chi connectivity index (χ4n) is 3.71. The van der Waals surface area contributed by atoms with Crippen molar-refractivity contribution >= 4 is 17.5 Å². The third-order valence-corrected chi connectivity index (χ3v) is 5.20. The Morgan fingerprint density at radius 2 is 2.00 bits per heavy atom. The molecule has 1 atom stereocenters. The standard InChI is InChI=1S/C22H24N4O2/c1-16-10-12-25-15-18(24-20(25)13-16)14-23-21(27)19-9-5-6-11-26(19)22(28)17-7-3-2-4-8-17/h2-4,7-8,10,12-13,15,19H,5-6,9,11,14H2,1H3,(H,23,27)/t19-/m1/s1. The summed E-state index contributed by atoms with van der Waals surface area (Å²) in [6.07, 6.45) is 6.44. The topological polar surface area (TPSA) is 66.7 Å². The average Bonchev–Trinajstić information content (AvgIpc) is 3.14. The van der Waals surface area contributed by atoms with E-state index in [1.807, 2.05) is 54.0 Å². The number of amides is 2. The molecule has 0 radical (unpaired) electrons. The van der Waals surface area contributed by atoms with E-state index in [-0.39, 0.29) is 11.8 Å². The Morgan fingerprint density at radius 1 is 1.18 bits per heavy atom. The molecule has 0 aliphatic carbocycles. The van der Waals surface area contributed by atoms with Gasteiger partial charge >= 0.3 is 0 Å². The molecule has 3 heterocycles. The number of nitrogens with one attached hydrogen (secondary N) is 1. The molecule has 0 saturated carbocycles. The van der Waals surface area contributed by atoms with Gasteiger partial charge in [0.1, 0.15) is 11.7 Å². The predicted molar refractivity (Wildman–Crippen MR) is 107 cm³/mol. The lowest BCUT2D eigenvalue weighted by atomic mass is 10.00. The number of hydrogen-bond donors (Lipinski definition) is 1. The Hall–Kier alpha value is -3.15. The normalized spacial score (nSPS) is 16.9. The molecule has 1 aromatic carbocycles. The highest BCUT2D eigenvalue weighted by Gasteiger charge is 2.32. The molecule has 0 unspecified atom stereocenters. The molecule has 1 N–H and O–H groups in total. The Kier molecular flexibility index (Phi) is 5.10. The van der Waals surface area contributed by atoms with Crippen molar-refractivity contribution in [3.8, 4) is 0 Å². The maximum atomic E-state index is 12.9. The molecule has 28 heavy (non-hydrogen) atoms. The zero-order valence-corrected chi connectivity index (χ0v) is 16.0. The van der Waals surface area contributed by atoms with Crippen LogP contribution in [-0.2, 0) is 11.3 Å². The van der Waals surface area contributed by atoms with E-state index in [0.717, 1.165) is 29.7 Å². The lowest BCUT2D eigenvalue weighted by Crippen LogP contribution is -2.51. The van der Waals surface area contributed by atoms with E-state index in [2.05, 4.69) is 10.3 Å². The van der Waals surface area contributed by atoms with Crippen LogP contribution in [0.15, 0.2) is 54.9 Å². The molecule has 4 rings (SSSR count). The number of carbonyl (C=O) groups is 2. The largest absolute Gasteiger partial charge is 0.349 e. The van der Waals surface area contributed by atoms with Gasteiger partial charge in [-0.25, -0.2) is 4.98 Å². The number of hydrogen-bond acceptors (Lipinski definition) is 3. The smallest absolute Gasteiger partial charge is 0.254 e. The second-order valence-electron chi connectivity index (χ2n) is 7.30. The number of benzene rings is 1. The van der Waals surface area contributed by atoms with Gasteiger partial charge in [-0.05, 0) is 56.0 Å². The summed E-state index contributed by atoms with van der Waals surface area (Å²) in [6.45, 7) is 2.99. The van der Waals surface area contributed by atoms with Gasteiger partial charge < -0.3 is 14.6 Å². The summed E-state index contributed by atoms with van der Waals surface area (Å²) in [5.74, 6) is -0.194. The van der Waals surface area contributed by atoms with Crippen LogP contribution in [0.5, 0.6) is 0 Å². The molecule has 6 nitrogen and oxygen atoms in total. The van der Waals surface area contributed by atoms with Gasteiger partial charge in [-0.3, -0.25) is 9.59 Å². The number of carbonyl (C=O) groups excluding carboxylic acids is 2. The molecule has 2 aromatic heterocycles. The number of nitrogens with zero attached hydrogens (tertiary/aromatic N) is 3.